The Morgan fingerprint density at radius 3 is 2.18 bits per heavy atom. The fourth-order valence-corrected chi connectivity index (χ4v) is 4.04. The normalized spacial score (nSPS) is 17.9. The molecule has 2 aliphatic rings. The van der Waals surface area contributed by atoms with Gasteiger partial charge in [0.1, 0.15) is 0 Å². The molecule has 11 heteroatoms. The first-order valence-electron chi connectivity index (χ1n) is 10.8. The summed E-state index contributed by atoms with van der Waals surface area (Å²) in [4.78, 5) is 30.6. The van der Waals surface area contributed by atoms with Crippen molar-refractivity contribution in [2.24, 2.45) is 0 Å². The van der Waals surface area contributed by atoms with Crippen LogP contribution in [0.3, 0.4) is 0 Å². The first-order chi connectivity index (χ1) is 15.7. The van der Waals surface area contributed by atoms with Crippen LogP contribution in [0.1, 0.15) is 21.6 Å². The second-order valence-electron chi connectivity index (χ2n) is 8.21. The van der Waals surface area contributed by atoms with E-state index in [1.807, 2.05) is 11.8 Å². The smallest absolute Gasteiger partial charge is 0.379 e. The Labute approximate surface area is 189 Å². The number of alkyl halides is 3. The van der Waals surface area contributed by atoms with Crippen molar-refractivity contribution in [1.82, 2.24) is 24.5 Å². The van der Waals surface area contributed by atoms with Crippen molar-refractivity contribution in [2.45, 2.75) is 13.1 Å². The highest BCUT2D eigenvalue weighted by Gasteiger charge is 2.42. The Morgan fingerprint density at radius 2 is 1.58 bits per heavy atom. The molecule has 1 aromatic carbocycles. The molecule has 0 bridgehead atoms. The number of hydrogen-bond acceptors (Lipinski definition) is 5. The van der Waals surface area contributed by atoms with Gasteiger partial charge >= 0.3 is 6.18 Å². The largest absolute Gasteiger partial charge is 0.434 e. The van der Waals surface area contributed by atoms with Crippen molar-refractivity contribution in [1.29, 1.82) is 0 Å². The van der Waals surface area contributed by atoms with Gasteiger partial charge in [0.15, 0.2) is 5.69 Å². The van der Waals surface area contributed by atoms with Crippen LogP contribution in [0.25, 0.3) is 5.69 Å². The highest BCUT2D eigenvalue weighted by molar-refractivity contribution is 5.95. The minimum absolute atomic E-state index is 0.0489. The van der Waals surface area contributed by atoms with Gasteiger partial charge in [-0.25, -0.2) is 4.68 Å². The van der Waals surface area contributed by atoms with Crippen LogP contribution in [-0.4, -0.2) is 95.3 Å². The Hall–Kier alpha value is -2.92. The summed E-state index contributed by atoms with van der Waals surface area (Å²) >= 11 is 0. The predicted octanol–water partition coefficient (Wildman–Crippen LogP) is 1.82. The molecule has 0 saturated carbocycles. The molecule has 0 unspecified atom stereocenters. The van der Waals surface area contributed by atoms with Crippen molar-refractivity contribution in [3.05, 3.63) is 47.3 Å². The first-order valence-corrected chi connectivity index (χ1v) is 10.8. The zero-order valence-corrected chi connectivity index (χ0v) is 18.3. The highest BCUT2D eigenvalue weighted by Crippen LogP contribution is 2.34. The molecule has 2 aliphatic heterocycles. The maximum atomic E-state index is 13.9. The van der Waals surface area contributed by atoms with E-state index in [0.717, 1.165) is 16.4 Å². The van der Waals surface area contributed by atoms with Gasteiger partial charge < -0.3 is 14.5 Å². The number of hydrogen-bond donors (Lipinski definition) is 0. The van der Waals surface area contributed by atoms with Gasteiger partial charge in [-0.15, -0.1) is 0 Å². The highest BCUT2D eigenvalue weighted by atomic mass is 19.4. The zero-order valence-electron chi connectivity index (χ0n) is 18.3. The number of morpholine rings is 1. The minimum Gasteiger partial charge on any atom is -0.379 e. The van der Waals surface area contributed by atoms with Gasteiger partial charge in [-0.1, -0.05) is 17.7 Å². The average Bonchev–Trinajstić information content (AvgIpc) is 3.26. The number of carbonyl (C=O) groups is 2. The van der Waals surface area contributed by atoms with Crippen LogP contribution in [0, 0.1) is 6.92 Å². The first kappa shape index (κ1) is 23.2. The summed E-state index contributed by atoms with van der Waals surface area (Å²) in [6, 6.07) is 6.44. The molecule has 4 rings (SSSR count). The second-order valence-corrected chi connectivity index (χ2v) is 8.21. The molecule has 0 aliphatic carbocycles. The molecule has 2 fully saturated rings. The van der Waals surface area contributed by atoms with E-state index in [9.17, 15) is 22.8 Å². The van der Waals surface area contributed by atoms with E-state index in [-0.39, 0.29) is 44.3 Å². The van der Waals surface area contributed by atoms with Gasteiger partial charge in [0.2, 0.25) is 5.91 Å². The van der Waals surface area contributed by atoms with E-state index in [0.29, 0.717) is 26.3 Å². The maximum Gasteiger partial charge on any atom is 0.434 e. The van der Waals surface area contributed by atoms with Crippen LogP contribution in [0.4, 0.5) is 13.2 Å². The monoisotopic (exact) mass is 465 g/mol. The summed E-state index contributed by atoms with van der Waals surface area (Å²) in [6.45, 7) is 5.56. The summed E-state index contributed by atoms with van der Waals surface area (Å²) in [5, 5.41) is 3.88. The molecule has 2 saturated heterocycles. The molecule has 2 aromatic rings. The quantitative estimate of drug-likeness (QED) is 0.689. The van der Waals surface area contributed by atoms with Crippen LogP contribution in [0.15, 0.2) is 30.5 Å². The number of aromatic nitrogens is 2. The Bertz CT molecular complexity index is 992. The van der Waals surface area contributed by atoms with E-state index in [1.54, 1.807) is 17.0 Å². The van der Waals surface area contributed by atoms with Crippen LogP contribution >= 0.6 is 0 Å². The van der Waals surface area contributed by atoms with Crippen LogP contribution in [0.5, 0.6) is 0 Å². The Kier molecular flexibility index (Phi) is 6.71. The number of benzene rings is 1. The molecule has 0 radical (unpaired) electrons. The summed E-state index contributed by atoms with van der Waals surface area (Å²) in [5.74, 6) is -0.784. The lowest BCUT2D eigenvalue weighted by molar-refractivity contribution is -0.143. The molecule has 33 heavy (non-hydrogen) atoms. The fraction of sp³-hybridized carbons (Fsp3) is 0.500. The topological polar surface area (TPSA) is 70.9 Å². The molecule has 3 heterocycles. The van der Waals surface area contributed by atoms with Crippen molar-refractivity contribution in [3.63, 3.8) is 0 Å². The van der Waals surface area contributed by atoms with E-state index >= 15 is 0 Å². The summed E-state index contributed by atoms with van der Waals surface area (Å²) in [5.41, 5.74) is -0.458. The number of carbonyl (C=O) groups excluding carboxylic acids is 2. The fourth-order valence-electron chi connectivity index (χ4n) is 4.04. The molecule has 0 atom stereocenters. The second kappa shape index (κ2) is 9.52. The lowest BCUT2D eigenvalue weighted by Gasteiger charge is -2.36. The number of piperazine rings is 1. The van der Waals surface area contributed by atoms with Gasteiger partial charge in [-0.05, 0) is 19.1 Å². The van der Waals surface area contributed by atoms with E-state index in [2.05, 4.69) is 5.10 Å². The number of rotatable bonds is 4. The number of aryl methyl sites for hydroxylation is 1. The lowest BCUT2D eigenvalue weighted by atomic mass is 10.1. The third-order valence-electron chi connectivity index (χ3n) is 5.93. The molecule has 1 aromatic heterocycles. The molecule has 178 valence electrons. The molecule has 8 nitrogen and oxygen atoms in total. The number of nitrogens with zero attached hydrogens (tertiary/aromatic N) is 5. The summed E-state index contributed by atoms with van der Waals surface area (Å²) < 4.78 is 47.8. The van der Waals surface area contributed by atoms with Crippen LogP contribution in [0.2, 0.25) is 0 Å². The summed E-state index contributed by atoms with van der Waals surface area (Å²) in [7, 11) is 0. The van der Waals surface area contributed by atoms with Crippen LogP contribution in [-0.2, 0) is 15.7 Å². The standard InChI is InChI=1S/C22H26F3N5O3/c1-16-2-4-17(5-3-16)30-20(22(23,24)25)18(14-26-30)21(32)29-8-6-28(7-9-29)19(31)15-27-10-12-33-13-11-27/h2-5,14H,6-13,15H2,1H3. The minimum atomic E-state index is -4.76. The third kappa shape index (κ3) is 5.19. The van der Waals surface area contributed by atoms with E-state index < -0.39 is 23.3 Å². The van der Waals surface area contributed by atoms with Crippen molar-refractivity contribution in [3.8, 4) is 5.69 Å². The molecule has 0 N–H and O–H groups in total. The third-order valence-corrected chi connectivity index (χ3v) is 5.93. The van der Waals surface area contributed by atoms with Gasteiger partial charge in [0, 0.05) is 39.3 Å². The molecule has 2 amide bonds. The van der Waals surface area contributed by atoms with E-state index in [4.69, 9.17) is 4.74 Å². The van der Waals surface area contributed by atoms with Gasteiger partial charge in [0.25, 0.3) is 5.91 Å². The Morgan fingerprint density at radius 1 is 0.970 bits per heavy atom. The number of amides is 2. The predicted molar refractivity (Wildman–Crippen MR) is 113 cm³/mol. The van der Waals surface area contributed by atoms with Crippen LogP contribution < -0.4 is 0 Å². The maximum absolute atomic E-state index is 13.9. The van der Waals surface area contributed by atoms with Gasteiger partial charge in [0.05, 0.1) is 37.2 Å². The molecule has 0 spiro atoms. The van der Waals surface area contributed by atoms with Gasteiger partial charge in [-0.2, -0.15) is 18.3 Å². The zero-order chi connectivity index (χ0) is 23.6. The summed E-state index contributed by atoms with van der Waals surface area (Å²) in [6.07, 6.45) is -3.79. The van der Waals surface area contributed by atoms with Crippen molar-refractivity contribution < 1.29 is 27.5 Å². The number of ether oxygens (including phenoxy) is 1. The number of halogens is 3. The molecular weight excluding hydrogens is 439 g/mol. The lowest BCUT2D eigenvalue weighted by Crippen LogP contribution is -2.53. The average molecular weight is 465 g/mol. The van der Waals surface area contributed by atoms with Crippen molar-refractivity contribution >= 4 is 11.8 Å². The Balaban J connectivity index is 1.45. The van der Waals surface area contributed by atoms with Gasteiger partial charge in [-0.3, -0.25) is 14.5 Å². The molecular formula is C22H26F3N5O3. The van der Waals surface area contributed by atoms with Crippen molar-refractivity contribution in [2.75, 3.05) is 59.0 Å². The SMILES string of the molecule is Cc1ccc(-n2ncc(C(=O)N3CCN(C(=O)CN4CCOCC4)CC3)c2C(F)(F)F)cc1. The van der Waals surface area contributed by atoms with E-state index in [1.165, 1.54) is 17.0 Å².